The molecule has 2 aromatic rings. The minimum Gasteiger partial charge on any atom is -0.496 e. The van der Waals surface area contributed by atoms with Gasteiger partial charge in [-0.05, 0) is 37.3 Å². The van der Waals surface area contributed by atoms with Gasteiger partial charge in [0.1, 0.15) is 11.5 Å². The van der Waals surface area contributed by atoms with E-state index in [1.807, 2.05) is 49.4 Å². The molecule has 2 aromatic carbocycles. The SMILES string of the molecule is CCOc1ccc(NC(=O)CN2CCNCC2c2ccccc2OC)cc1. The molecule has 0 radical (unpaired) electrons. The van der Waals surface area contributed by atoms with Crippen LogP contribution in [0.3, 0.4) is 0 Å². The number of nitrogens with one attached hydrogen (secondary N) is 2. The molecule has 0 saturated carbocycles. The van der Waals surface area contributed by atoms with Crippen molar-refractivity contribution in [1.29, 1.82) is 0 Å². The summed E-state index contributed by atoms with van der Waals surface area (Å²) in [6.45, 7) is 5.36. The molecule has 27 heavy (non-hydrogen) atoms. The lowest BCUT2D eigenvalue weighted by Gasteiger charge is -2.36. The standard InChI is InChI=1S/C21H27N3O3/c1-3-27-17-10-8-16(9-11-17)23-21(25)15-24-13-12-22-14-19(24)18-6-4-5-7-20(18)26-2/h4-11,19,22H,3,12-15H2,1-2H3,(H,23,25). The van der Waals surface area contributed by atoms with Gasteiger partial charge < -0.3 is 20.1 Å². The number of methoxy groups -OCH3 is 1. The number of carbonyl (C=O) groups is 1. The van der Waals surface area contributed by atoms with Crippen LogP contribution in [0.5, 0.6) is 11.5 Å². The summed E-state index contributed by atoms with van der Waals surface area (Å²) >= 11 is 0. The molecule has 1 unspecified atom stereocenters. The fraction of sp³-hybridized carbons (Fsp3) is 0.381. The van der Waals surface area contributed by atoms with Crippen LogP contribution in [0.25, 0.3) is 0 Å². The Labute approximate surface area is 160 Å². The van der Waals surface area contributed by atoms with Crippen molar-refractivity contribution >= 4 is 11.6 Å². The molecule has 144 valence electrons. The smallest absolute Gasteiger partial charge is 0.238 e. The number of anilines is 1. The lowest BCUT2D eigenvalue weighted by atomic mass is 10.0. The number of piperazine rings is 1. The first-order chi connectivity index (χ1) is 13.2. The second-order valence-electron chi connectivity index (χ2n) is 6.44. The van der Waals surface area contributed by atoms with E-state index in [2.05, 4.69) is 21.6 Å². The van der Waals surface area contributed by atoms with Gasteiger partial charge in [0, 0.05) is 30.9 Å². The minimum atomic E-state index is -0.0269. The van der Waals surface area contributed by atoms with Crippen molar-refractivity contribution in [3.8, 4) is 11.5 Å². The Bertz CT molecular complexity index is 749. The van der Waals surface area contributed by atoms with Crippen LogP contribution >= 0.6 is 0 Å². The molecule has 1 fully saturated rings. The molecule has 0 aromatic heterocycles. The average Bonchev–Trinajstić information content (AvgIpc) is 2.70. The maximum absolute atomic E-state index is 12.6. The molecule has 6 nitrogen and oxygen atoms in total. The van der Waals surface area contributed by atoms with Crippen molar-refractivity contribution in [2.45, 2.75) is 13.0 Å². The van der Waals surface area contributed by atoms with Gasteiger partial charge in [0.2, 0.25) is 5.91 Å². The molecule has 2 N–H and O–H groups in total. The van der Waals surface area contributed by atoms with E-state index >= 15 is 0 Å². The third-order valence-electron chi connectivity index (χ3n) is 4.65. The maximum Gasteiger partial charge on any atom is 0.238 e. The zero-order valence-corrected chi connectivity index (χ0v) is 15.9. The summed E-state index contributed by atoms with van der Waals surface area (Å²) in [5, 5.41) is 6.38. The highest BCUT2D eigenvalue weighted by Gasteiger charge is 2.27. The van der Waals surface area contributed by atoms with Crippen molar-refractivity contribution in [3.63, 3.8) is 0 Å². The lowest BCUT2D eigenvalue weighted by molar-refractivity contribution is -0.118. The highest BCUT2D eigenvalue weighted by Crippen LogP contribution is 2.30. The topological polar surface area (TPSA) is 62.8 Å². The number of benzene rings is 2. The lowest BCUT2D eigenvalue weighted by Crippen LogP contribution is -2.48. The Balaban J connectivity index is 1.66. The van der Waals surface area contributed by atoms with Gasteiger partial charge in [0.05, 0.1) is 26.3 Å². The van der Waals surface area contributed by atoms with Gasteiger partial charge in [0.15, 0.2) is 0 Å². The molecule has 1 aliphatic rings. The van der Waals surface area contributed by atoms with Crippen LogP contribution in [0.1, 0.15) is 18.5 Å². The van der Waals surface area contributed by atoms with Gasteiger partial charge in [-0.15, -0.1) is 0 Å². The van der Waals surface area contributed by atoms with Crippen LogP contribution in [-0.4, -0.2) is 50.7 Å². The van der Waals surface area contributed by atoms with E-state index in [1.54, 1.807) is 7.11 Å². The number of carbonyl (C=O) groups excluding carboxylic acids is 1. The van der Waals surface area contributed by atoms with Crippen LogP contribution in [0.4, 0.5) is 5.69 Å². The van der Waals surface area contributed by atoms with E-state index in [0.29, 0.717) is 13.2 Å². The van der Waals surface area contributed by atoms with E-state index in [9.17, 15) is 4.79 Å². The molecule has 3 rings (SSSR count). The summed E-state index contributed by atoms with van der Waals surface area (Å²) < 4.78 is 10.9. The van der Waals surface area contributed by atoms with Crippen molar-refractivity contribution in [2.75, 3.05) is 45.2 Å². The number of para-hydroxylation sites is 1. The van der Waals surface area contributed by atoms with Gasteiger partial charge in [-0.2, -0.15) is 0 Å². The zero-order chi connectivity index (χ0) is 19.1. The first-order valence-corrected chi connectivity index (χ1v) is 9.31. The summed E-state index contributed by atoms with van der Waals surface area (Å²) in [6, 6.07) is 15.5. The van der Waals surface area contributed by atoms with E-state index in [1.165, 1.54) is 0 Å². The van der Waals surface area contributed by atoms with E-state index in [0.717, 1.165) is 42.4 Å². The van der Waals surface area contributed by atoms with Crippen LogP contribution in [0.15, 0.2) is 48.5 Å². The minimum absolute atomic E-state index is 0.0269. The molecule has 0 aliphatic carbocycles. The molecule has 1 aliphatic heterocycles. The normalized spacial score (nSPS) is 17.3. The van der Waals surface area contributed by atoms with Crippen LogP contribution in [-0.2, 0) is 4.79 Å². The van der Waals surface area contributed by atoms with Crippen LogP contribution in [0.2, 0.25) is 0 Å². The van der Waals surface area contributed by atoms with Crippen LogP contribution < -0.4 is 20.1 Å². The predicted octanol–water partition coefficient (Wildman–Crippen LogP) is 2.68. The van der Waals surface area contributed by atoms with Crippen molar-refractivity contribution < 1.29 is 14.3 Å². The van der Waals surface area contributed by atoms with Crippen molar-refractivity contribution in [3.05, 3.63) is 54.1 Å². The van der Waals surface area contributed by atoms with Gasteiger partial charge in [-0.3, -0.25) is 9.69 Å². The summed E-state index contributed by atoms with van der Waals surface area (Å²) in [5.41, 5.74) is 1.87. The molecule has 1 atom stereocenters. The third-order valence-corrected chi connectivity index (χ3v) is 4.65. The van der Waals surface area contributed by atoms with E-state index in [4.69, 9.17) is 9.47 Å². The average molecular weight is 369 g/mol. The highest BCUT2D eigenvalue weighted by atomic mass is 16.5. The van der Waals surface area contributed by atoms with E-state index in [-0.39, 0.29) is 11.9 Å². The number of rotatable bonds is 7. The largest absolute Gasteiger partial charge is 0.496 e. The van der Waals surface area contributed by atoms with Gasteiger partial charge in [0.25, 0.3) is 0 Å². The zero-order valence-electron chi connectivity index (χ0n) is 15.9. The molecular weight excluding hydrogens is 342 g/mol. The van der Waals surface area contributed by atoms with E-state index < -0.39 is 0 Å². The first-order valence-electron chi connectivity index (χ1n) is 9.31. The van der Waals surface area contributed by atoms with Crippen molar-refractivity contribution in [2.24, 2.45) is 0 Å². The summed E-state index contributed by atoms with van der Waals surface area (Å²) in [4.78, 5) is 14.8. The Kier molecular flexibility index (Phi) is 6.68. The molecule has 0 bridgehead atoms. The molecule has 6 heteroatoms. The molecule has 1 saturated heterocycles. The molecule has 1 heterocycles. The van der Waals surface area contributed by atoms with Crippen molar-refractivity contribution in [1.82, 2.24) is 10.2 Å². The Morgan fingerprint density at radius 1 is 1.22 bits per heavy atom. The van der Waals surface area contributed by atoms with Crippen LogP contribution in [0, 0.1) is 0 Å². The number of amides is 1. The second kappa shape index (κ2) is 9.39. The fourth-order valence-electron chi connectivity index (χ4n) is 3.37. The second-order valence-corrected chi connectivity index (χ2v) is 6.44. The fourth-order valence-corrected chi connectivity index (χ4v) is 3.37. The summed E-state index contributed by atoms with van der Waals surface area (Å²) in [7, 11) is 1.68. The number of nitrogens with zero attached hydrogens (tertiary/aromatic N) is 1. The summed E-state index contributed by atoms with van der Waals surface area (Å²) in [5.74, 6) is 1.62. The van der Waals surface area contributed by atoms with Gasteiger partial charge >= 0.3 is 0 Å². The number of hydrogen-bond acceptors (Lipinski definition) is 5. The quantitative estimate of drug-likeness (QED) is 0.786. The Morgan fingerprint density at radius 2 is 2.00 bits per heavy atom. The molecular formula is C21H27N3O3. The number of hydrogen-bond donors (Lipinski definition) is 2. The Hall–Kier alpha value is -2.57. The van der Waals surface area contributed by atoms with Gasteiger partial charge in [-0.25, -0.2) is 0 Å². The predicted molar refractivity (Wildman–Crippen MR) is 106 cm³/mol. The maximum atomic E-state index is 12.6. The third kappa shape index (κ3) is 4.99. The number of ether oxygens (including phenoxy) is 2. The Morgan fingerprint density at radius 3 is 2.74 bits per heavy atom. The monoisotopic (exact) mass is 369 g/mol. The molecule has 1 amide bonds. The molecule has 0 spiro atoms. The highest BCUT2D eigenvalue weighted by molar-refractivity contribution is 5.92. The summed E-state index contributed by atoms with van der Waals surface area (Å²) in [6.07, 6.45) is 0. The van der Waals surface area contributed by atoms with Gasteiger partial charge in [-0.1, -0.05) is 18.2 Å². The first kappa shape index (κ1) is 19.2.